The molecule has 3 rings (SSSR count). The van der Waals surface area contributed by atoms with Crippen LogP contribution < -0.4 is 15.3 Å². The smallest absolute Gasteiger partial charge is 0.128 e. The van der Waals surface area contributed by atoms with Gasteiger partial charge in [0, 0.05) is 5.30 Å². The molecule has 2 aromatic rings. The van der Waals surface area contributed by atoms with E-state index in [-0.39, 0.29) is 5.60 Å². The van der Waals surface area contributed by atoms with Crippen LogP contribution in [0.15, 0.2) is 72.1 Å². The van der Waals surface area contributed by atoms with Crippen molar-refractivity contribution in [2.24, 2.45) is 5.92 Å². The maximum Gasteiger partial charge on any atom is 0.128 e. The molecule has 0 fully saturated rings. The zero-order valence-electron chi connectivity index (χ0n) is 22.3. The minimum Gasteiger partial charge on any atom is -0.487 e. The van der Waals surface area contributed by atoms with E-state index in [1.54, 1.807) is 0 Å². The largest absolute Gasteiger partial charge is 0.487 e. The lowest BCUT2D eigenvalue weighted by Crippen LogP contribution is -2.27. The lowest BCUT2D eigenvalue weighted by molar-refractivity contribution is -0.0980. The third-order valence-corrected chi connectivity index (χ3v) is 7.15. The molecule has 2 nitrogen and oxygen atoms in total. The number of rotatable bonds is 5. The highest BCUT2D eigenvalue weighted by atomic mass is 31.1. The molecule has 0 N–H and O–H groups in total. The van der Waals surface area contributed by atoms with Crippen LogP contribution in [0.1, 0.15) is 74.3 Å². The van der Waals surface area contributed by atoms with Crippen molar-refractivity contribution < 1.29 is 9.53 Å². The molecule has 182 valence electrons. The Morgan fingerprint density at radius 1 is 1.00 bits per heavy atom. The molecule has 1 aliphatic rings. The van der Waals surface area contributed by atoms with Gasteiger partial charge in [-0.2, -0.15) is 0 Å². The topological polar surface area (TPSA) is 26.3 Å². The van der Waals surface area contributed by atoms with Crippen LogP contribution in [0.3, 0.4) is 0 Å². The van der Waals surface area contributed by atoms with Crippen molar-refractivity contribution in [3.8, 4) is 5.75 Å². The summed E-state index contributed by atoms with van der Waals surface area (Å²) in [6.07, 6.45) is 9.27. The van der Waals surface area contributed by atoms with E-state index < -0.39 is 7.92 Å². The van der Waals surface area contributed by atoms with Gasteiger partial charge in [0.05, 0.1) is 0 Å². The Bertz CT molecular complexity index is 847. The molecule has 0 amide bonds. The first-order chi connectivity index (χ1) is 15.9. The molecule has 0 saturated carbocycles. The first kappa shape index (κ1) is 30.8. The highest BCUT2D eigenvalue weighted by Crippen LogP contribution is 2.48. The van der Waals surface area contributed by atoms with Crippen molar-refractivity contribution in [2.75, 3.05) is 0 Å². The molecule has 2 atom stereocenters. The van der Waals surface area contributed by atoms with Gasteiger partial charge in [0.15, 0.2) is 0 Å². The van der Waals surface area contributed by atoms with E-state index in [1.807, 2.05) is 34.5 Å². The Labute approximate surface area is 204 Å². The standard InChI is InChI=1S/C25H31OP.2C2H6.CH2O/c1-6-20-14-17-23(26-25(3,4)5)24(18-20)27(21-10-8-7-9-11-21)22-15-12-19(2)13-16-22;3*1-2/h7-12,14-19H,6,13H2,1-5H3;2*1-2H3;1H2. The molecule has 0 radical (unpaired) electrons. The molecule has 3 heteroatoms. The predicted octanol–water partition coefficient (Wildman–Crippen LogP) is 8.21. The fourth-order valence-electron chi connectivity index (χ4n) is 3.26. The lowest BCUT2D eigenvalue weighted by atomic mass is 10.0. The van der Waals surface area contributed by atoms with Crippen molar-refractivity contribution in [3.05, 3.63) is 77.6 Å². The number of benzene rings is 2. The highest BCUT2D eigenvalue weighted by Gasteiger charge is 2.25. The summed E-state index contributed by atoms with van der Waals surface area (Å²) in [6.45, 7) is 20.9. The summed E-state index contributed by atoms with van der Waals surface area (Å²) in [7, 11) is -0.634. The summed E-state index contributed by atoms with van der Waals surface area (Å²) in [4.78, 5) is 8.00. The molecule has 0 aromatic heterocycles. The van der Waals surface area contributed by atoms with E-state index in [4.69, 9.17) is 9.53 Å². The molecule has 2 unspecified atom stereocenters. The van der Waals surface area contributed by atoms with E-state index >= 15 is 0 Å². The molecule has 0 bridgehead atoms. The Hall–Kier alpha value is -2.18. The fourth-order valence-corrected chi connectivity index (χ4v) is 5.74. The van der Waals surface area contributed by atoms with Gasteiger partial charge in [-0.3, -0.25) is 0 Å². The summed E-state index contributed by atoms with van der Waals surface area (Å²) in [6, 6.07) is 17.7. The Kier molecular flexibility index (Phi) is 15.3. The van der Waals surface area contributed by atoms with E-state index in [1.165, 1.54) is 21.5 Å². The Morgan fingerprint density at radius 3 is 2.09 bits per heavy atom. The van der Waals surface area contributed by atoms with Crippen molar-refractivity contribution in [3.63, 3.8) is 0 Å². The number of aryl methyl sites for hydroxylation is 1. The molecule has 2 aromatic carbocycles. The molecule has 0 spiro atoms. The van der Waals surface area contributed by atoms with Crippen LogP contribution in [0.5, 0.6) is 5.75 Å². The van der Waals surface area contributed by atoms with Crippen molar-refractivity contribution in [2.45, 2.75) is 80.8 Å². The molecule has 1 aliphatic carbocycles. The lowest BCUT2D eigenvalue weighted by Gasteiger charge is -2.29. The van der Waals surface area contributed by atoms with E-state index in [0.29, 0.717) is 5.92 Å². The predicted molar refractivity (Wildman–Crippen MR) is 150 cm³/mol. The third kappa shape index (κ3) is 10.1. The molecule has 0 aliphatic heterocycles. The van der Waals surface area contributed by atoms with Gasteiger partial charge in [-0.25, -0.2) is 0 Å². The maximum atomic E-state index is 8.00. The van der Waals surface area contributed by atoms with E-state index in [9.17, 15) is 0 Å². The molecule has 0 heterocycles. The monoisotopic (exact) mass is 468 g/mol. The highest BCUT2D eigenvalue weighted by molar-refractivity contribution is 7.77. The second-order valence-electron chi connectivity index (χ2n) is 8.24. The molecule has 33 heavy (non-hydrogen) atoms. The normalized spacial score (nSPS) is 15.3. The molecular weight excluding hydrogens is 423 g/mol. The number of carbonyl (C=O) groups is 1. The zero-order chi connectivity index (χ0) is 25.4. The maximum absolute atomic E-state index is 8.00. The molecule has 0 saturated heterocycles. The van der Waals surface area contributed by atoms with Crippen molar-refractivity contribution in [1.29, 1.82) is 0 Å². The quantitative estimate of drug-likeness (QED) is 0.413. The average molecular weight is 469 g/mol. The van der Waals surface area contributed by atoms with Crippen LogP contribution in [0.4, 0.5) is 0 Å². The second kappa shape index (κ2) is 16.4. The van der Waals surface area contributed by atoms with Gasteiger partial charge in [-0.15, -0.1) is 0 Å². The van der Waals surface area contributed by atoms with Gasteiger partial charge < -0.3 is 9.53 Å². The SMILES string of the molecule is C=O.CC.CC.CCc1ccc(OC(C)(C)C)c(P(C2=CCC(C)C=C2)c2ccccc2)c1. The number of hydrogen-bond acceptors (Lipinski definition) is 2. The summed E-state index contributed by atoms with van der Waals surface area (Å²) in [5.41, 5.74) is 1.15. The number of hydrogen-bond donors (Lipinski definition) is 0. The summed E-state index contributed by atoms with van der Waals surface area (Å²) >= 11 is 0. The van der Waals surface area contributed by atoms with Gasteiger partial charge in [0.2, 0.25) is 0 Å². The van der Waals surface area contributed by atoms with Crippen LogP contribution in [-0.2, 0) is 11.2 Å². The zero-order valence-corrected chi connectivity index (χ0v) is 23.2. The first-order valence-electron chi connectivity index (χ1n) is 12.2. The van der Waals surface area contributed by atoms with Gasteiger partial charge >= 0.3 is 0 Å². The van der Waals surface area contributed by atoms with Gasteiger partial charge in [-0.05, 0) is 75.8 Å². The summed E-state index contributed by atoms with van der Waals surface area (Å²) in [5.74, 6) is 1.64. The molecular formula is C30H45O2P. The average Bonchev–Trinajstić information content (AvgIpc) is 2.85. The van der Waals surface area contributed by atoms with Crippen molar-refractivity contribution in [1.82, 2.24) is 0 Å². The van der Waals surface area contributed by atoms with Crippen LogP contribution in [-0.4, -0.2) is 12.4 Å². The minimum absolute atomic E-state index is 0.217. The van der Waals surface area contributed by atoms with Crippen molar-refractivity contribution >= 4 is 25.3 Å². The Morgan fingerprint density at radius 2 is 1.61 bits per heavy atom. The second-order valence-corrected chi connectivity index (χ2v) is 10.4. The summed E-state index contributed by atoms with van der Waals surface area (Å²) < 4.78 is 6.41. The van der Waals surface area contributed by atoms with Crippen LogP contribution in [0.2, 0.25) is 0 Å². The van der Waals surface area contributed by atoms with Crippen LogP contribution >= 0.6 is 7.92 Å². The van der Waals surface area contributed by atoms with E-state index in [2.05, 4.69) is 101 Å². The van der Waals surface area contributed by atoms with Crippen LogP contribution in [0.25, 0.3) is 0 Å². The first-order valence-corrected chi connectivity index (χ1v) is 13.6. The fraction of sp³-hybridized carbons (Fsp3) is 0.433. The van der Waals surface area contributed by atoms with Gasteiger partial charge in [0.25, 0.3) is 0 Å². The number of ether oxygens (including phenoxy) is 1. The third-order valence-electron chi connectivity index (χ3n) is 4.66. The van der Waals surface area contributed by atoms with Crippen LogP contribution in [0, 0.1) is 5.92 Å². The number of carbonyl (C=O) groups excluding carboxylic acids is 1. The van der Waals surface area contributed by atoms with Gasteiger partial charge in [0.1, 0.15) is 18.1 Å². The summed E-state index contributed by atoms with van der Waals surface area (Å²) in [5, 5.41) is 4.14. The Balaban J connectivity index is 0.00000158. The number of allylic oxidation sites excluding steroid dienone is 4. The van der Waals surface area contributed by atoms with Gasteiger partial charge in [-0.1, -0.05) is 96.2 Å². The van der Waals surface area contributed by atoms with E-state index in [0.717, 1.165) is 18.6 Å². The minimum atomic E-state index is -0.634.